The van der Waals surface area contributed by atoms with Gasteiger partial charge in [0.2, 0.25) is 0 Å². The molecule has 0 saturated heterocycles. The summed E-state index contributed by atoms with van der Waals surface area (Å²) in [4.78, 5) is 0. The minimum absolute atomic E-state index is 0.189. The molecule has 28 heavy (non-hydrogen) atoms. The lowest BCUT2D eigenvalue weighted by Gasteiger charge is -2.59. The Bertz CT molecular complexity index is 579. The van der Waals surface area contributed by atoms with E-state index in [-0.39, 0.29) is 6.10 Å². The Morgan fingerprint density at radius 1 is 0.964 bits per heavy atom. The first-order valence-corrected chi connectivity index (χ1v) is 12.6. The highest BCUT2D eigenvalue weighted by atomic mass is 16.3. The fourth-order valence-electron chi connectivity index (χ4n) is 8.81. The SMILES string of the molecule is CC(C)CCC[C@@H](C)[C@H]1CC[C@H]2[C@H]3CC[C@@H]4C[C@H](O)C=C[C@@]4(C)[C@H]3CC[C@]12C. The maximum atomic E-state index is 10.2. The summed E-state index contributed by atoms with van der Waals surface area (Å²) in [6.07, 6.45) is 18.3. The molecule has 9 atom stereocenters. The highest BCUT2D eigenvalue weighted by Crippen LogP contribution is 2.67. The first-order chi connectivity index (χ1) is 13.3. The molecule has 0 spiro atoms. The van der Waals surface area contributed by atoms with Gasteiger partial charge in [-0.3, -0.25) is 0 Å². The standard InChI is InChI=1S/C27H46O/c1-18(2)7-6-8-19(3)23-11-12-24-22-10-9-20-17-21(28)13-15-26(20,4)25(22)14-16-27(23,24)5/h13,15,18-25,28H,6-12,14,16-17H2,1-5H3/t19-,20-,21-,22-,23-,24+,25+,26-,27-/m1/s1. The van der Waals surface area contributed by atoms with Crippen molar-refractivity contribution in [3.05, 3.63) is 12.2 Å². The third kappa shape index (κ3) is 3.42. The summed E-state index contributed by atoms with van der Waals surface area (Å²) in [5, 5.41) is 10.2. The third-order valence-electron chi connectivity index (χ3n) is 10.4. The van der Waals surface area contributed by atoms with Crippen LogP contribution in [0.2, 0.25) is 0 Å². The first-order valence-electron chi connectivity index (χ1n) is 12.6. The van der Waals surface area contributed by atoms with E-state index in [1.54, 1.807) is 0 Å². The molecule has 0 amide bonds. The maximum Gasteiger partial charge on any atom is 0.0724 e. The maximum absolute atomic E-state index is 10.2. The van der Waals surface area contributed by atoms with Gasteiger partial charge < -0.3 is 5.11 Å². The molecule has 0 unspecified atom stereocenters. The first kappa shape index (κ1) is 21.0. The van der Waals surface area contributed by atoms with Gasteiger partial charge in [0.25, 0.3) is 0 Å². The van der Waals surface area contributed by atoms with Gasteiger partial charge in [0.15, 0.2) is 0 Å². The predicted octanol–water partition coefficient (Wildman–Crippen LogP) is 7.24. The summed E-state index contributed by atoms with van der Waals surface area (Å²) in [5.41, 5.74) is 0.948. The topological polar surface area (TPSA) is 20.2 Å². The van der Waals surface area contributed by atoms with Crippen molar-refractivity contribution in [2.24, 2.45) is 52.3 Å². The Morgan fingerprint density at radius 3 is 2.50 bits per heavy atom. The van der Waals surface area contributed by atoms with Crippen LogP contribution in [0.3, 0.4) is 0 Å². The van der Waals surface area contributed by atoms with E-state index in [2.05, 4.69) is 46.8 Å². The Hall–Kier alpha value is -0.300. The summed E-state index contributed by atoms with van der Waals surface area (Å²) in [7, 11) is 0. The average Bonchev–Trinajstić information content (AvgIpc) is 2.99. The van der Waals surface area contributed by atoms with E-state index in [0.29, 0.717) is 16.7 Å². The Labute approximate surface area is 174 Å². The van der Waals surface area contributed by atoms with Crippen LogP contribution in [0.25, 0.3) is 0 Å². The minimum atomic E-state index is -0.189. The Balaban J connectivity index is 1.48. The van der Waals surface area contributed by atoms with Crippen molar-refractivity contribution in [3.63, 3.8) is 0 Å². The molecule has 1 nitrogen and oxygen atoms in total. The summed E-state index contributed by atoms with van der Waals surface area (Å²) in [5.74, 6) is 6.19. The molecule has 0 aromatic heterocycles. The Kier molecular flexibility index (Phi) is 5.80. The van der Waals surface area contributed by atoms with E-state index < -0.39 is 0 Å². The quantitative estimate of drug-likeness (QED) is 0.493. The molecule has 160 valence electrons. The van der Waals surface area contributed by atoms with Crippen LogP contribution in [0.1, 0.15) is 98.8 Å². The van der Waals surface area contributed by atoms with Crippen LogP contribution in [0, 0.1) is 52.3 Å². The van der Waals surface area contributed by atoms with Crippen LogP contribution in [-0.2, 0) is 0 Å². The van der Waals surface area contributed by atoms with Crippen molar-refractivity contribution in [1.82, 2.24) is 0 Å². The molecular weight excluding hydrogens is 340 g/mol. The molecule has 4 rings (SSSR count). The van der Waals surface area contributed by atoms with Crippen LogP contribution in [-0.4, -0.2) is 11.2 Å². The highest BCUT2D eigenvalue weighted by molar-refractivity contribution is 5.17. The second kappa shape index (κ2) is 7.75. The molecule has 1 heteroatoms. The van der Waals surface area contributed by atoms with Crippen molar-refractivity contribution >= 4 is 0 Å². The monoisotopic (exact) mass is 386 g/mol. The zero-order valence-corrected chi connectivity index (χ0v) is 19.3. The number of allylic oxidation sites excluding steroid dienone is 1. The van der Waals surface area contributed by atoms with Crippen LogP contribution in [0.5, 0.6) is 0 Å². The van der Waals surface area contributed by atoms with Crippen molar-refractivity contribution in [1.29, 1.82) is 0 Å². The Morgan fingerprint density at radius 2 is 1.75 bits per heavy atom. The molecule has 0 aromatic rings. The number of fused-ring (bicyclic) bond motifs is 5. The van der Waals surface area contributed by atoms with Gasteiger partial charge in [-0.25, -0.2) is 0 Å². The van der Waals surface area contributed by atoms with Gasteiger partial charge in [-0.15, -0.1) is 0 Å². The molecule has 1 N–H and O–H groups in total. The summed E-state index contributed by atoms with van der Waals surface area (Å²) >= 11 is 0. The highest BCUT2D eigenvalue weighted by Gasteiger charge is 2.59. The van der Waals surface area contributed by atoms with Crippen molar-refractivity contribution < 1.29 is 5.11 Å². The normalized spacial score (nSPS) is 48.8. The lowest BCUT2D eigenvalue weighted by Crippen LogP contribution is -2.52. The fraction of sp³-hybridized carbons (Fsp3) is 0.926. The molecule has 0 radical (unpaired) electrons. The fourth-order valence-corrected chi connectivity index (χ4v) is 8.81. The van der Waals surface area contributed by atoms with Crippen molar-refractivity contribution in [2.45, 2.75) is 105 Å². The number of rotatable bonds is 5. The lowest BCUT2D eigenvalue weighted by molar-refractivity contribution is -0.0907. The second-order valence-corrected chi connectivity index (χ2v) is 12.2. The number of aliphatic hydroxyl groups is 1. The van der Waals surface area contributed by atoms with E-state index in [1.165, 1.54) is 57.8 Å². The molecule has 3 fully saturated rings. The zero-order chi connectivity index (χ0) is 20.1. The van der Waals surface area contributed by atoms with Gasteiger partial charge in [-0.05, 0) is 97.2 Å². The van der Waals surface area contributed by atoms with E-state index in [9.17, 15) is 5.11 Å². The average molecular weight is 387 g/mol. The zero-order valence-electron chi connectivity index (χ0n) is 19.3. The minimum Gasteiger partial charge on any atom is -0.389 e. The van der Waals surface area contributed by atoms with Crippen LogP contribution in [0.4, 0.5) is 0 Å². The van der Waals surface area contributed by atoms with Crippen LogP contribution < -0.4 is 0 Å². The molecule has 3 saturated carbocycles. The van der Waals surface area contributed by atoms with Gasteiger partial charge >= 0.3 is 0 Å². The van der Waals surface area contributed by atoms with E-state index in [0.717, 1.165) is 41.9 Å². The predicted molar refractivity (Wildman–Crippen MR) is 119 cm³/mol. The van der Waals surface area contributed by atoms with E-state index >= 15 is 0 Å². The van der Waals surface area contributed by atoms with Gasteiger partial charge in [0, 0.05) is 0 Å². The van der Waals surface area contributed by atoms with Gasteiger partial charge in [0.1, 0.15) is 0 Å². The second-order valence-electron chi connectivity index (χ2n) is 12.2. The summed E-state index contributed by atoms with van der Waals surface area (Å²) < 4.78 is 0. The number of hydrogen-bond donors (Lipinski definition) is 1. The van der Waals surface area contributed by atoms with Gasteiger partial charge in [-0.2, -0.15) is 0 Å². The van der Waals surface area contributed by atoms with Crippen molar-refractivity contribution in [3.8, 4) is 0 Å². The molecule has 0 aliphatic heterocycles. The number of aliphatic hydroxyl groups excluding tert-OH is 1. The van der Waals surface area contributed by atoms with E-state index in [4.69, 9.17) is 0 Å². The van der Waals surface area contributed by atoms with Gasteiger partial charge in [-0.1, -0.05) is 66.0 Å². The molecule has 4 aliphatic carbocycles. The molecular formula is C27H46O. The largest absolute Gasteiger partial charge is 0.389 e. The third-order valence-corrected chi connectivity index (χ3v) is 10.4. The molecule has 4 aliphatic rings. The van der Waals surface area contributed by atoms with Crippen LogP contribution >= 0.6 is 0 Å². The smallest absolute Gasteiger partial charge is 0.0724 e. The van der Waals surface area contributed by atoms with Crippen LogP contribution in [0.15, 0.2) is 12.2 Å². The molecule has 0 aromatic carbocycles. The van der Waals surface area contributed by atoms with Gasteiger partial charge in [0.05, 0.1) is 6.10 Å². The number of hydrogen-bond acceptors (Lipinski definition) is 1. The summed E-state index contributed by atoms with van der Waals surface area (Å²) in [6.45, 7) is 12.6. The lowest BCUT2D eigenvalue weighted by atomic mass is 9.45. The molecule has 0 bridgehead atoms. The van der Waals surface area contributed by atoms with E-state index in [1.807, 2.05) is 0 Å². The van der Waals surface area contributed by atoms with Crippen molar-refractivity contribution in [2.75, 3.05) is 0 Å². The molecule has 0 heterocycles. The summed E-state index contributed by atoms with van der Waals surface area (Å²) in [6, 6.07) is 0.